The Kier molecular flexibility index (Phi) is 9.86. The SMILES string of the molecule is O=C(CS(=O)(=O)CC(=O)Nc1ncc(-c2ccccc2)[nH]1)NNC(=O)CS(=O)(=O)CC(=O)Nc1ncc(-c2ccccc2)[nH]1. The summed E-state index contributed by atoms with van der Waals surface area (Å²) < 4.78 is 49.1. The van der Waals surface area contributed by atoms with E-state index in [1.165, 1.54) is 12.4 Å². The summed E-state index contributed by atoms with van der Waals surface area (Å²) >= 11 is 0. The maximum Gasteiger partial charge on any atom is 0.253 e. The van der Waals surface area contributed by atoms with Crippen LogP contribution in [-0.4, -0.2) is 83.4 Å². The van der Waals surface area contributed by atoms with E-state index in [0.29, 0.717) is 11.4 Å². The van der Waals surface area contributed by atoms with Gasteiger partial charge in [-0.25, -0.2) is 26.8 Å². The standard InChI is InChI=1S/C26H26N8O8S2/c35-21(31-25-27-11-19(29-25)17-7-3-1-4-8-17)13-43(39,40)15-23(37)33-34-24(38)16-44(41,42)14-22(36)32-26-28-12-20(30-26)18-9-5-2-6-10-18/h1-12H,13-16H2,(H,33,37)(H,34,38)(H2,27,29,31,35)(H2,28,30,32,36). The van der Waals surface area contributed by atoms with E-state index in [9.17, 15) is 36.0 Å². The number of aromatic amines is 2. The van der Waals surface area contributed by atoms with Gasteiger partial charge in [-0.1, -0.05) is 60.7 Å². The van der Waals surface area contributed by atoms with Gasteiger partial charge in [0.05, 0.1) is 23.8 Å². The molecule has 0 bridgehead atoms. The third-order valence-electron chi connectivity index (χ3n) is 5.58. The van der Waals surface area contributed by atoms with Crippen LogP contribution < -0.4 is 21.5 Å². The summed E-state index contributed by atoms with van der Waals surface area (Å²) in [5.74, 6) is -8.89. The van der Waals surface area contributed by atoms with Crippen LogP contribution in [0.5, 0.6) is 0 Å². The number of H-pyrrole nitrogens is 2. The van der Waals surface area contributed by atoms with Crippen LogP contribution in [0.3, 0.4) is 0 Å². The molecule has 2 aromatic heterocycles. The Bertz CT molecular complexity index is 1730. The van der Waals surface area contributed by atoms with Gasteiger partial charge in [-0.15, -0.1) is 0 Å². The van der Waals surface area contributed by atoms with Crippen molar-refractivity contribution in [2.24, 2.45) is 0 Å². The van der Waals surface area contributed by atoms with Crippen molar-refractivity contribution < 1.29 is 36.0 Å². The predicted octanol–water partition coefficient (Wildman–Crippen LogP) is 0.0210. The number of hydrogen-bond donors (Lipinski definition) is 6. The van der Waals surface area contributed by atoms with Gasteiger partial charge in [-0.05, 0) is 11.1 Å². The van der Waals surface area contributed by atoms with Gasteiger partial charge in [-0.2, -0.15) is 0 Å². The quantitative estimate of drug-likeness (QED) is 0.113. The molecule has 0 fully saturated rings. The molecule has 4 amide bonds. The molecule has 18 heteroatoms. The van der Waals surface area contributed by atoms with Gasteiger partial charge in [0.25, 0.3) is 11.8 Å². The number of hydrogen-bond acceptors (Lipinski definition) is 10. The molecule has 0 aliphatic rings. The molecule has 16 nitrogen and oxygen atoms in total. The second-order valence-corrected chi connectivity index (χ2v) is 13.4. The van der Waals surface area contributed by atoms with Gasteiger partial charge < -0.3 is 9.97 Å². The third-order valence-corrected chi connectivity index (χ3v) is 8.39. The van der Waals surface area contributed by atoms with E-state index in [0.717, 1.165) is 11.1 Å². The zero-order valence-electron chi connectivity index (χ0n) is 22.7. The molecule has 0 unspecified atom stereocenters. The number of nitrogens with one attached hydrogen (secondary N) is 6. The van der Waals surface area contributed by atoms with Crippen LogP contribution in [0, 0.1) is 0 Å². The summed E-state index contributed by atoms with van der Waals surface area (Å²) in [6.07, 6.45) is 2.89. The Balaban J connectivity index is 1.18. The van der Waals surface area contributed by atoms with E-state index in [2.05, 4.69) is 30.6 Å². The summed E-state index contributed by atoms with van der Waals surface area (Å²) in [4.78, 5) is 62.0. The molecule has 0 aliphatic heterocycles. The minimum atomic E-state index is -4.29. The number of carbonyl (C=O) groups is 4. The minimum Gasteiger partial charge on any atom is -0.324 e. The number of amides is 4. The molecule has 2 aromatic carbocycles. The molecule has 0 radical (unpaired) electrons. The van der Waals surface area contributed by atoms with E-state index in [1.54, 1.807) is 59.4 Å². The van der Waals surface area contributed by atoms with E-state index < -0.39 is 66.3 Å². The Labute approximate surface area is 250 Å². The summed E-state index contributed by atoms with van der Waals surface area (Å²) in [5, 5.41) is 4.57. The molecule has 0 aliphatic carbocycles. The number of nitrogens with zero attached hydrogens (tertiary/aromatic N) is 2. The molecular weight excluding hydrogens is 616 g/mol. The number of carbonyl (C=O) groups excluding carboxylic acids is 4. The second-order valence-electron chi connectivity index (χ2n) is 9.28. The molecule has 44 heavy (non-hydrogen) atoms. The summed E-state index contributed by atoms with van der Waals surface area (Å²) in [6, 6.07) is 18.1. The predicted molar refractivity (Wildman–Crippen MR) is 159 cm³/mol. The van der Waals surface area contributed by atoms with Crippen LogP contribution in [0.1, 0.15) is 0 Å². The number of imidazole rings is 2. The molecule has 0 atom stereocenters. The number of rotatable bonds is 12. The van der Waals surface area contributed by atoms with Gasteiger partial charge in [0, 0.05) is 0 Å². The van der Waals surface area contributed by atoms with Gasteiger partial charge in [0.2, 0.25) is 23.7 Å². The van der Waals surface area contributed by atoms with E-state index >= 15 is 0 Å². The highest BCUT2D eigenvalue weighted by molar-refractivity contribution is 7.93. The number of aromatic nitrogens is 4. The Hall–Kier alpha value is -5.36. The van der Waals surface area contributed by atoms with Crippen molar-refractivity contribution >= 4 is 55.2 Å². The zero-order valence-corrected chi connectivity index (χ0v) is 24.4. The first-order valence-electron chi connectivity index (χ1n) is 12.7. The van der Waals surface area contributed by atoms with Crippen LogP contribution >= 0.6 is 0 Å². The van der Waals surface area contributed by atoms with Crippen LogP contribution in [0.15, 0.2) is 73.1 Å². The van der Waals surface area contributed by atoms with Crippen molar-refractivity contribution in [3.63, 3.8) is 0 Å². The summed E-state index contributed by atoms with van der Waals surface area (Å²) in [6.45, 7) is 0. The van der Waals surface area contributed by atoms with Gasteiger partial charge >= 0.3 is 0 Å². The monoisotopic (exact) mass is 642 g/mol. The van der Waals surface area contributed by atoms with Crippen molar-refractivity contribution in [2.75, 3.05) is 33.6 Å². The fourth-order valence-electron chi connectivity index (χ4n) is 3.75. The van der Waals surface area contributed by atoms with E-state index in [1.807, 2.05) is 12.1 Å². The third kappa shape index (κ3) is 9.60. The average molecular weight is 643 g/mol. The molecule has 0 saturated heterocycles. The largest absolute Gasteiger partial charge is 0.324 e. The number of anilines is 2. The van der Waals surface area contributed by atoms with E-state index in [4.69, 9.17) is 0 Å². The van der Waals surface area contributed by atoms with Gasteiger partial charge in [0.15, 0.2) is 19.7 Å². The van der Waals surface area contributed by atoms with Crippen molar-refractivity contribution in [1.82, 2.24) is 30.8 Å². The Morgan fingerprint density at radius 2 is 0.886 bits per heavy atom. The Morgan fingerprint density at radius 3 is 1.25 bits per heavy atom. The zero-order chi connectivity index (χ0) is 31.7. The van der Waals surface area contributed by atoms with Crippen molar-refractivity contribution in [2.45, 2.75) is 0 Å². The smallest absolute Gasteiger partial charge is 0.253 e. The van der Waals surface area contributed by atoms with Crippen molar-refractivity contribution in [3.8, 4) is 22.5 Å². The molecule has 0 saturated carbocycles. The Morgan fingerprint density at radius 1 is 0.545 bits per heavy atom. The molecular formula is C26H26N8O8S2. The maximum atomic E-state index is 12.3. The fourth-order valence-corrected chi connectivity index (χ4v) is 5.84. The lowest BCUT2D eigenvalue weighted by Crippen LogP contribution is -2.47. The lowest BCUT2D eigenvalue weighted by atomic mass is 10.2. The average Bonchev–Trinajstić information content (AvgIpc) is 3.61. The normalized spacial score (nSPS) is 11.4. The van der Waals surface area contributed by atoms with Crippen molar-refractivity contribution in [3.05, 3.63) is 73.1 Å². The summed E-state index contributed by atoms with van der Waals surface area (Å²) in [7, 11) is -8.57. The first-order valence-corrected chi connectivity index (χ1v) is 16.3. The minimum absolute atomic E-state index is 0.00301. The van der Waals surface area contributed by atoms with Crippen molar-refractivity contribution in [1.29, 1.82) is 0 Å². The molecule has 230 valence electrons. The van der Waals surface area contributed by atoms with Gasteiger partial charge in [-0.3, -0.25) is 40.7 Å². The first kappa shape index (κ1) is 31.6. The van der Waals surface area contributed by atoms with Crippen LogP contribution in [-0.2, 0) is 38.9 Å². The molecule has 6 N–H and O–H groups in total. The number of hydrazine groups is 1. The lowest BCUT2D eigenvalue weighted by Gasteiger charge is -2.09. The molecule has 2 heterocycles. The van der Waals surface area contributed by atoms with Crippen LogP contribution in [0.4, 0.5) is 11.9 Å². The molecule has 4 rings (SSSR count). The topological polar surface area (TPSA) is 242 Å². The molecule has 0 spiro atoms. The first-order chi connectivity index (χ1) is 20.9. The second kappa shape index (κ2) is 13.7. The highest BCUT2D eigenvalue weighted by Crippen LogP contribution is 2.18. The highest BCUT2D eigenvalue weighted by atomic mass is 32.2. The van der Waals surface area contributed by atoms with Gasteiger partial charge in [0.1, 0.15) is 23.0 Å². The van der Waals surface area contributed by atoms with E-state index in [-0.39, 0.29) is 11.9 Å². The van der Waals surface area contributed by atoms with Crippen LogP contribution in [0.25, 0.3) is 22.5 Å². The molecule has 4 aromatic rings. The summed E-state index contributed by atoms with van der Waals surface area (Å²) in [5.41, 5.74) is 6.27. The highest BCUT2D eigenvalue weighted by Gasteiger charge is 2.24. The maximum absolute atomic E-state index is 12.3. The van der Waals surface area contributed by atoms with Crippen LogP contribution in [0.2, 0.25) is 0 Å². The fraction of sp³-hybridized carbons (Fsp3) is 0.154. The lowest BCUT2D eigenvalue weighted by molar-refractivity contribution is -0.126. The number of sulfone groups is 2. The number of benzene rings is 2.